The first-order valence-electron chi connectivity index (χ1n) is 23.6. The fourth-order valence-electron chi connectivity index (χ4n) is 8.53. The molecule has 7 N–H and O–H groups in total. The van der Waals surface area contributed by atoms with Crippen molar-refractivity contribution in [2.45, 2.75) is 45.3 Å². The molecule has 0 bridgehead atoms. The zero-order valence-electron chi connectivity index (χ0n) is 39.0. The molecule has 0 saturated carbocycles. The number of nitrogens with zero attached hydrogens (tertiary/aromatic N) is 12. The van der Waals surface area contributed by atoms with Gasteiger partial charge in [-0.1, -0.05) is 18.2 Å². The predicted octanol–water partition coefficient (Wildman–Crippen LogP) is 2.95. The Labute approximate surface area is 403 Å². The number of amides is 1. The van der Waals surface area contributed by atoms with Gasteiger partial charge >= 0.3 is 0 Å². The van der Waals surface area contributed by atoms with Crippen molar-refractivity contribution in [3.8, 4) is 11.3 Å². The largest absolute Gasteiger partial charge is 0.383 e. The Hall–Kier alpha value is -7.24. The maximum Gasteiger partial charge on any atom is 0.227 e. The highest BCUT2D eigenvalue weighted by Crippen LogP contribution is 2.32. The number of nitrogens with one attached hydrogen (secondary N) is 1. The molecule has 9 rings (SSSR count). The average Bonchev–Trinajstić information content (AvgIpc) is 4.02. The molecule has 0 aliphatic carbocycles. The van der Waals surface area contributed by atoms with E-state index in [0.717, 1.165) is 39.7 Å². The summed E-state index contributed by atoms with van der Waals surface area (Å²) >= 11 is 0. The number of benzene rings is 1. The Morgan fingerprint density at radius 2 is 1.40 bits per heavy atom. The van der Waals surface area contributed by atoms with E-state index in [-0.39, 0.29) is 23.9 Å². The second kappa shape index (κ2) is 22.9. The normalized spacial score (nSPS) is 13.9. The molecular weight excluding hydrogens is 897 g/mol. The third kappa shape index (κ3) is 11.6. The van der Waals surface area contributed by atoms with E-state index in [0.29, 0.717) is 158 Å². The first-order valence-corrected chi connectivity index (χ1v) is 23.6. The number of ether oxygens (including phenoxy) is 4. The highest BCUT2D eigenvalue weighted by molar-refractivity contribution is 6.00. The topological polar surface area (TPSA) is 283 Å². The molecule has 22 nitrogen and oxygen atoms in total. The number of aromatic nitrogens is 10. The number of fused-ring (bicyclic) bond motifs is 3. The fraction of sp³-hybridized carbons (Fsp3) is 0.417. The molecule has 22 heteroatoms. The van der Waals surface area contributed by atoms with Gasteiger partial charge in [-0.05, 0) is 41.7 Å². The zero-order valence-corrected chi connectivity index (χ0v) is 39.0. The van der Waals surface area contributed by atoms with Crippen LogP contribution in [0.3, 0.4) is 0 Å². The third-order valence-corrected chi connectivity index (χ3v) is 12.3. The molecule has 7 aromatic rings. The smallest absolute Gasteiger partial charge is 0.227 e. The Kier molecular flexibility index (Phi) is 15.6. The van der Waals surface area contributed by atoms with Gasteiger partial charge in [0.1, 0.15) is 29.3 Å². The standard InChI is InChI=1S/C48H58N16O6/c49-24-33-25-54-47(55-26-33)61-10-12-62(13-11-61)48-56-28-38(43(50)59-48)39(65)2-1-14-67-16-18-69-20-21-70-19-17-68-15-7-40(66)63-9-6-34-22-32(3-4-36(34)30-63)29-64-46-41(44(51)57-31-58-46)42(60-64)37-23-35-5-8-52-45(35)53-27-37/h3-5,8,22-23,25-28,31H,1-2,6-7,9-21,24,29-30,49H2,(H,52,53)(H2,50,56,59)(H2,51,57,58). The van der Waals surface area contributed by atoms with Gasteiger partial charge in [0.15, 0.2) is 11.4 Å². The highest BCUT2D eigenvalue weighted by Gasteiger charge is 2.24. The Morgan fingerprint density at radius 1 is 0.686 bits per heavy atom. The molecule has 0 radical (unpaired) electrons. The van der Waals surface area contributed by atoms with E-state index in [1.165, 1.54) is 18.1 Å². The van der Waals surface area contributed by atoms with Gasteiger partial charge in [0, 0.05) is 106 Å². The van der Waals surface area contributed by atoms with Gasteiger partial charge in [0.25, 0.3) is 0 Å². The minimum absolute atomic E-state index is 0.0620. The molecule has 1 amide bonds. The minimum Gasteiger partial charge on any atom is -0.383 e. The summed E-state index contributed by atoms with van der Waals surface area (Å²) in [7, 11) is 0. The summed E-state index contributed by atoms with van der Waals surface area (Å²) in [5.41, 5.74) is 25.8. The second-order valence-corrected chi connectivity index (χ2v) is 17.0. The van der Waals surface area contributed by atoms with Crippen molar-refractivity contribution < 1.29 is 28.5 Å². The first kappa shape index (κ1) is 47.8. The van der Waals surface area contributed by atoms with Crippen LogP contribution in [0, 0.1) is 0 Å². The number of anilines is 4. The number of aromatic amines is 1. The zero-order chi connectivity index (χ0) is 48.2. The molecular formula is C48H58N16O6. The van der Waals surface area contributed by atoms with Crippen LogP contribution in [0.2, 0.25) is 0 Å². The maximum absolute atomic E-state index is 13.1. The van der Waals surface area contributed by atoms with Crippen LogP contribution in [0.4, 0.5) is 23.5 Å². The van der Waals surface area contributed by atoms with Gasteiger partial charge in [-0.15, -0.1) is 0 Å². The van der Waals surface area contributed by atoms with Crippen LogP contribution in [-0.4, -0.2) is 152 Å². The number of hydrogen-bond acceptors (Lipinski definition) is 19. The molecule has 6 aromatic heterocycles. The van der Waals surface area contributed by atoms with Crippen molar-refractivity contribution >= 4 is 57.3 Å². The van der Waals surface area contributed by atoms with Crippen LogP contribution in [0.5, 0.6) is 0 Å². The van der Waals surface area contributed by atoms with Crippen LogP contribution in [0.15, 0.2) is 67.6 Å². The summed E-state index contributed by atoms with van der Waals surface area (Å²) < 4.78 is 24.4. The van der Waals surface area contributed by atoms with Crippen LogP contribution in [0.1, 0.15) is 51.9 Å². The molecule has 8 heterocycles. The first-order chi connectivity index (χ1) is 34.3. The van der Waals surface area contributed by atoms with Crippen molar-refractivity contribution in [1.29, 1.82) is 0 Å². The number of hydrogen-bond donors (Lipinski definition) is 4. The van der Waals surface area contributed by atoms with Gasteiger partial charge in [-0.2, -0.15) is 10.1 Å². The molecule has 0 atom stereocenters. The Morgan fingerprint density at radius 3 is 2.14 bits per heavy atom. The molecule has 2 aliphatic heterocycles. The van der Waals surface area contributed by atoms with Crippen molar-refractivity contribution in [3.05, 3.63) is 95.5 Å². The van der Waals surface area contributed by atoms with Crippen LogP contribution in [-0.2, 0) is 49.8 Å². The van der Waals surface area contributed by atoms with Crippen molar-refractivity contribution in [2.75, 3.05) is 107 Å². The average molecular weight is 955 g/mol. The number of rotatable bonds is 23. The Bertz CT molecular complexity index is 2880. The number of carbonyl (C=O) groups excluding carboxylic acids is 2. The van der Waals surface area contributed by atoms with Crippen molar-refractivity contribution in [2.24, 2.45) is 5.73 Å². The molecule has 1 saturated heterocycles. The molecule has 366 valence electrons. The van der Waals surface area contributed by atoms with Gasteiger partial charge in [-0.3, -0.25) is 9.59 Å². The lowest BCUT2D eigenvalue weighted by Crippen LogP contribution is -2.47. The lowest BCUT2D eigenvalue weighted by Gasteiger charge is -2.34. The SMILES string of the molecule is NCc1cnc(N2CCN(c3ncc(C(=O)CCCOCCOCCOCCOCCC(=O)N4CCc5cc(Cn6nc(-c7cnc8[nH]ccc8c7)c7c(N)ncnc76)ccc5C4)c(N)n3)CC2)nc1. The maximum atomic E-state index is 13.1. The van der Waals surface area contributed by atoms with Gasteiger partial charge in [0.05, 0.1) is 70.2 Å². The Balaban J connectivity index is 0.597. The monoisotopic (exact) mass is 954 g/mol. The minimum atomic E-state index is -0.125. The quantitative estimate of drug-likeness (QED) is 0.0530. The summed E-state index contributed by atoms with van der Waals surface area (Å²) in [4.78, 5) is 66.1. The molecule has 70 heavy (non-hydrogen) atoms. The van der Waals surface area contributed by atoms with E-state index in [1.807, 2.05) is 32.8 Å². The van der Waals surface area contributed by atoms with E-state index < -0.39 is 0 Å². The van der Waals surface area contributed by atoms with Crippen molar-refractivity contribution in [1.82, 2.24) is 54.6 Å². The molecule has 1 aromatic carbocycles. The summed E-state index contributed by atoms with van der Waals surface area (Å²) in [6.07, 6.45) is 12.0. The lowest BCUT2D eigenvalue weighted by atomic mass is 9.97. The van der Waals surface area contributed by atoms with E-state index in [1.54, 1.807) is 18.6 Å². The predicted molar refractivity (Wildman–Crippen MR) is 262 cm³/mol. The van der Waals surface area contributed by atoms with Gasteiger partial charge in [-0.25, -0.2) is 34.6 Å². The molecule has 0 spiro atoms. The summed E-state index contributed by atoms with van der Waals surface area (Å²) in [6.45, 7) is 7.97. The van der Waals surface area contributed by atoms with Crippen molar-refractivity contribution in [3.63, 3.8) is 0 Å². The van der Waals surface area contributed by atoms with Crippen LogP contribution in [0.25, 0.3) is 33.3 Å². The van der Waals surface area contributed by atoms with Gasteiger partial charge < -0.3 is 55.8 Å². The number of pyridine rings is 1. The number of H-pyrrole nitrogens is 1. The number of nitrogens with two attached hydrogens (primary N) is 3. The van der Waals surface area contributed by atoms with Crippen LogP contribution >= 0.6 is 0 Å². The number of Topliss-reactive ketones (excluding diaryl/α,β-unsaturated/α-hetero) is 1. The van der Waals surface area contributed by atoms with Gasteiger partial charge in [0.2, 0.25) is 17.8 Å². The van der Waals surface area contributed by atoms with E-state index in [2.05, 4.69) is 63.0 Å². The number of carbonyl (C=O) groups is 2. The lowest BCUT2D eigenvalue weighted by molar-refractivity contribution is -0.133. The second-order valence-electron chi connectivity index (χ2n) is 17.0. The molecule has 1 fully saturated rings. The van der Waals surface area contributed by atoms with E-state index in [4.69, 9.17) is 41.2 Å². The summed E-state index contributed by atoms with van der Waals surface area (Å²) in [5.74, 6) is 1.63. The summed E-state index contributed by atoms with van der Waals surface area (Å²) in [5, 5.41) is 6.61. The third-order valence-electron chi connectivity index (χ3n) is 12.3. The number of piperazine rings is 1. The summed E-state index contributed by atoms with van der Waals surface area (Å²) in [6, 6.07) is 10.4. The highest BCUT2D eigenvalue weighted by atomic mass is 16.6. The molecule has 2 aliphatic rings. The van der Waals surface area contributed by atoms with Crippen LogP contribution < -0.4 is 27.0 Å². The fourth-order valence-corrected chi connectivity index (χ4v) is 8.53. The molecule has 0 unspecified atom stereocenters. The van der Waals surface area contributed by atoms with E-state index >= 15 is 0 Å². The number of ketones is 1. The van der Waals surface area contributed by atoms with E-state index in [9.17, 15) is 9.59 Å². The number of nitrogen functional groups attached to an aromatic ring is 2.